The number of rotatable bonds is 3. The lowest BCUT2D eigenvalue weighted by Crippen LogP contribution is -2.55. The minimum absolute atomic E-state index is 0.0181. The van der Waals surface area contributed by atoms with E-state index in [1.807, 2.05) is 4.90 Å². The maximum atomic E-state index is 12.9. The summed E-state index contributed by atoms with van der Waals surface area (Å²) < 4.78 is 0. The maximum absolute atomic E-state index is 12.9. The number of nitrogens with one attached hydrogen (secondary N) is 1. The van der Waals surface area contributed by atoms with Gasteiger partial charge in [0.15, 0.2) is 0 Å². The molecule has 1 aliphatic heterocycles. The van der Waals surface area contributed by atoms with Crippen LogP contribution >= 0.6 is 0 Å². The monoisotopic (exact) mass is 281 g/mol. The quantitative estimate of drug-likeness (QED) is 0.811. The molecule has 0 aromatic carbocycles. The number of piperidine rings is 1. The van der Waals surface area contributed by atoms with Crippen molar-refractivity contribution >= 4 is 11.8 Å². The highest BCUT2D eigenvalue weighted by Gasteiger charge is 2.41. The molecule has 5 heteroatoms. The van der Waals surface area contributed by atoms with Gasteiger partial charge in [0.05, 0.1) is 5.41 Å². The molecular formula is C15H27N3O2. The Hall–Kier alpha value is -1.10. The predicted molar refractivity (Wildman–Crippen MR) is 78.0 cm³/mol. The van der Waals surface area contributed by atoms with E-state index in [2.05, 4.69) is 5.32 Å². The van der Waals surface area contributed by atoms with Gasteiger partial charge in [0, 0.05) is 32.6 Å². The highest BCUT2D eigenvalue weighted by molar-refractivity contribution is 5.83. The highest BCUT2D eigenvalue weighted by atomic mass is 16.2. The first-order valence-electron chi connectivity index (χ1n) is 7.84. The molecule has 1 heterocycles. The molecule has 1 atom stereocenters. The Kier molecular flexibility index (Phi) is 5.02. The van der Waals surface area contributed by atoms with Crippen LogP contribution in [0.2, 0.25) is 0 Å². The number of hydrogen-bond acceptors (Lipinski definition) is 3. The summed E-state index contributed by atoms with van der Waals surface area (Å²) in [6.45, 7) is 3.42. The van der Waals surface area contributed by atoms with Gasteiger partial charge >= 0.3 is 0 Å². The Labute approximate surface area is 121 Å². The molecule has 0 aromatic heterocycles. The van der Waals surface area contributed by atoms with Gasteiger partial charge in [-0.2, -0.15) is 0 Å². The van der Waals surface area contributed by atoms with E-state index in [9.17, 15) is 9.59 Å². The van der Waals surface area contributed by atoms with Crippen molar-refractivity contribution < 1.29 is 9.59 Å². The second kappa shape index (κ2) is 6.57. The molecule has 5 nitrogen and oxygen atoms in total. The first kappa shape index (κ1) is 15.3. The minimum Gasteiger partial charge on any atom is -0.352 e. The van der Waals surface area contributed by atoms with Crippen molar-refractivity contribution in [3.05, 3.63) is 0 Å². The SMILES string of the molecule is CC(=O)NC1CCCN(C(=O)C2(CN)CCCCC2)C1. The third-order valence-corrected chi connectivity index (χ3v) is 4.77. The predicted octanol–water partition coefficient (Wildman–Crippen LogP) is 1.02. The molecule has 2 fully saturated rings. The molecular weight excluding hydrogens is 254 g/mol. The fourth-order valence-electron chi connectivity index (χ4n) is 3.64. The molecule has 0 radical (unpaired) electrons. The van der Waals surface area contributed by atoms with Crippen LogP contribution in [0.1, 0.15) is 51.9 Å². The van der Waals surface area contributed by atoms with Gasteiger partial charge in [0.2, 0.25) is 11.8 Å². The van der Waals surface area contributed by atoms with E-state index in [4.69, 9.17) is 5.73 Å². The van der Waals surface area contributed by atoms with Gasteiger partial charge < -0.3 is 16.0 Å². The molecule has 1 aliphatic carbocycles. The molecule has 1 saturated carbocycles. The van der Waals surface area contributed by atoms with Gasteiger partial charge in [-0.15, -0.1) is 0 Å². The molecule has 2 amide bonds. The van der Waals surface area contributed by atoms with Crippen molar-refractivity contribution in [1.82, 2.24) is 10.2 Å². The Morgan fingerprint density at radius 2 is 1.95 bits per heavy atom. The molecule has 1 unspecified atom stereocenters. The topological polar surface area (TPSA) is 75.4 Å². The average molecular weight is 281 g/mol. The summed E-state index contributed by atoms with van der Waals surface area (Å²) in [6, 6.07) is 0.101. The van der Waals surface area contributed by atoms with Crippen molar-refractivity contribution in [2.45, 2.75) is 57.9 Å². The summed E-state index contributed by atoms with van der Waals surface area (Å²) in [4.78, 5) is 26.0. The number of carbonyl (C=O) groups excluding carboxylic acids is 2. The van der Waals surface area contributed by atoms with E-state index in [-0.39, 0.29) is 23.3 Å². The lowest BCUT2D eigenvalue weighted by molar-refractivity contribution is -0.145. The molecule has 0 bridgehead atoms. The van der Waals surface area contributed by atoms with Crippen molar-refractivity contribution in [1.29, 1.82) is 0 Å². The van der Waals surface area contributed by atoms with Gasteiger partial charge in [-0.3, -0.25) is 9.59 Å². The standard InChI is InChI=1S/C15H27N3O2/c1-12(19)17-13-6-5-9-18(10-13)14(20)15(11-16)7-3-2-4-8-15/h13H,2-11,16H2,1H3,(H,17,19). The first-order chi connectivity index (χ1) is 9.57. The molecule has 3 N–H and O–H groups in total. The average Bonchev–Trinajstić information content (AvgIpc) is 2.47. The van der Waals surface area contributed by atoms with Crippen LogP contribution in [0, 0.1) is 5.41 Å². The van der Waals surface area contributed by atoms with Gasteiger partial charge in [-0.1, -0.05) is 19.3 Å². The van der Waals surface area contributed by atoms with Crippen LogP contribution in [-0.4, -0.2) is 42.4 Å². The van der Waals surface area contributed by atoms with Crippen molar-refractivity contribution in [3.63, 3.8) is 0 Å². The zero-order valence-corrected chi connectivity index (χ0v) is 12.5. The highest BCUT2D eigenvalue weighted by Crippen LogP contribution is 2.37. The largest absolute Gasteiger partial charge is 0.352 e. The van der Waals surface area contributed by atoms with Crippen LogP contribution in [0.5, 0.6) is 0 Å². The molecule has 0 spiro atoms. The lowest BCUT2D eigenvalue weighted by Gasteiger charge is -2.42. The molecule has 2 rings (SSSR count). The van der Waals surface area contributed by atoms with Crippen LogP contribution in [0.3, 0.4) is 0 Å². The summed E-state index contributed by atoms with van der Waals surface area (Å²) in [6.07, 6.45) is 7.17. The Bertz CT molecular complexity index is 364. The molecule has 114 valence electrons. The first-order valence-corrected chi connectivity index (χ1v) is 7.84. The molecule has 2 aliphatic rings. The van der Waals surface area contributed by atoms with Crippen molar-refractivity contribution in [2.75, 3.05) is 19.6 Å². The summed E-state index contributed by atoms with van der Waals surface area (Å²) in [5.74, 6) is 0.199. The normalized spacial score (nSPS) is 26.1. The molecule has 20 heavy (non-hydrogen) atoms. The van der Waals surface area contributed by atoms with E-state index in [1.54, 1.807) is 0 Å². The number of nitrogens with zero attached hydrogens (tertiary/aromatic N) is 1. The van der Waals surface area contributed by atoms with Crippen LogP contribution < -0.4 is 11.1 Å². The van der Waals surface area contributed by atoms with E-state index < -0.39 is 0 Å². The summed E-state index contributed by atoms with van der Waals surface area (Å²) in [5.41, 5.74) is 5.61. The zero-order valence-electron chi connectivity index (χ0n) is 12.5. The maximum Gasteiger partial charge on any atom is 0.230 e. The van der Waals surface area contributed by atoms with Crippen LogP contribution in [-0.2, 0) is 9.59 Å². The van der Waals surface area contributed by atoms with Crippen LogP contribution in [0.25, 0.3) is 0 Å². The molecule has 0 aromatic rings. The van der Waals surface area contributed by atoms with E-state index >= 15 is 0 Å². The Morgan fingerprint density at radius 1 is 1.25 bits per heavy atom. The fraction of sp³-hybridized carbons (Fsp3) is 0.867. The lowest BCUT2D eigenvalue weighted by atomic mass is 9.72. The minimum atomic E-state index is -0.337. The van der Waals surface area contributed by atoms with Gasteiger partial charge in [0.25, 0.3) is 0 Å². The van der Waals surface area contributed by atoms with Gasteiger partial charge in [-0.25, -0.2) is 0 Å². The van der Waals surface area contributed by atoms with Gasteiger partial charge in [-0.05, 0) is 25.7 Å². The fourth-order valence-corrected chi connectivity index (χ4v) is 3.64. The second-order valence-electron chi connectivity index (χ2n) is 6.34. The van der Waals surface area contributed by atoms with E-state index in [0.29, 0.717) is 13.1 Å². The third kappa shape index (κ3) is 3.32. The molecule has 1 saturated heterocycles. The van der Waals surface area contributed by atoms with E-state index in [1.165, 1.54) is 13.3 Å². The second-order valence-corrected chi connectivity index (χ2v) is 6.34. The van der Waals surface area contributed by atoms with Crippen LogP contribution in [0.15, 0.2) is 0 Å². The van der Waals surface area contributed by atoms with Crippen molar-refractivity contribution in [3.8, 4) is 0 Å². The Balaban J connectivity index is 2.01. The third-order valence-electron chi connectivity index (χ3n) is 4.77. The zero-order chi connectivity index (χ0) is 14.6. The smallest absolute Gasteiger partial charge is 0.230 e. The number of carbonyl (C=O) groups is 2. The van der Waals surface area contributed by atoms with E-state index in [0.717, 1.165) is 45.1 Å². The number of nitrogens with two attached hydrogens (primary N) is 1. The summed E-state index contributed by atoms with van der Waals surface area (Å²) >= 11 is 0. The van der Waals surface area contributed by atoms with Gasteiger partial charge in [0.1, 0.15) is 0 Å². The number of hydrogen-bond donors (Lipinski definition) is 2. The summed E-state index contributed by atoms with van der Waals surface area (Å²) in [7, 11) is 0. The van der Waals surface area contributed by atoms with Crippen LogP contribution in [0.4, 0.5) is 0 Å². The number of likely N-dealkylation sites (tertiary alicyclic amines) is 1. The summed E-state index contributed by atoms with van der Waals surface area (Å²) in [5, 5.41) is 2.94. The van der Waals surface area contributed by atoms with Crippen molar-refractivity contribution in [2.24, 2.45) is 11.1 Å². The number of amides is 2. The Morgan fingerprint density at radius 3 is 2.55 bits per heavy atom.